The summed E-state index contributed by atoms with van der Waals surface area (Å²) in [6.07, 6.45) is 0.543. The number of aromatic nitrogens is 2. The van der Waals surface area contributed by atoms with Crippen molar-refractivity contribution in [2.24, 2.45) is 10.9 Å². The number of hydrogen-bond acceptors (Lipinski definition) is 4. The second-order valence-electron chi connectivity index (χ2n) is 3.95. The van der Waals surface area contributed by atoms with Crippen LogP contribution in [0.1, 0.15) is 36.5 Å². The van der Waals surface area contributed by atoms with Crippen LogP contribution in [-0.4, -0.2) is 32.8 Å². The van der Waals surface area contributed by atoms with Crippen LogP contribution in [0.4, 0.5) is 0 Å². The van der Waals surface area contributed by atoms with Crippen LogP contribution in [0.5, 0.6) is 0 Å². The summed E-state index contributed by atoms with van der Waals surface area (Å²) in [6.45, 7) is 6.18. The topological polar surface area (TPSA) is 106 Å². The minimum absolute atomic E-state index is 0.00913. The molecule has 1 atom stereocenters. The summed E-state index contributed by atoms with van der Waals surface area (Å²) in [7, 11) is 0. The third-order valence-electron chi connectivity index (χ3n) is 2.62. The van der Waals surface area contributed by atoms with Crippen LogP contribution >= 0.6 is 0 Å². The third-order valence-corrected chi connectivity index (χ3v) is 2.62. The molecule has 1 rings (SSSR count). The van der Waals surface area contributed by atoms with Gasteiger partial charge in [0, 0.05) is 6.54 Å². The zero-order valence-electron chi connectivity index (χ0n) is 10.8. The summed E-state index contributed by atoms with van der Waals surface area (Å²) in [6, 6.07) is 1.22. The van der Waals surface area contributed by atoms with E-state index in [9.17, 15) is 4.79 Å². The van der Waals surface area contributed by atoms with Gasteiger partial charge in [0.2, 0.25) is 0 Å². The number of nitrogens with one attached hydrogen (secondary N) is 1. The molecule has 0 fully saturated rings. The monoisotopic (exact) mass is 253 g/mol. The van der Waals surface area contributed by atoms with Gasteiger partial charge in [-0.15, -0.1) is 0 Å². The lowest BCUT2D eigenvalue weighted by Crippen LogP contribution is -2.44. The van der Waals surface area contributed by atoms with E-state index in [1.807, 2.05) is 20.8 Å². The lowest BCUT2D eigenvalue weighted by atomic mass is 10.2. The number of nitrogens with two attached hydrogens (primary N) is 1. The molecular formula is C11H19N5O2. The predicted molar refractivity (Wildman–Crippen MR) is 67.6 cm³/mol. The number of amides is 1. The second-order valence-corrected chi connectivity index (χ2v) is 3.95. The number of aryl methyl sites for hydroxylation is 2. The molecule has 0 aliphatic heterocycles. The van der Waals surface area contributed by atoms with Crippen molar-refractivity contribution in [3.8, 4) is 0 Å². The molecule has 1 amide bonds. The highest BCUT2D eigenvalue weighted by Gasteiger charge is 2.19. The molecule has 0 aliphatic rings. The molecule has 0 radical (unpaired) electrons. The number of oxime groups is 1. The van der Waals surface area contributed by atoms with E-state index in [0.29, 0.717) is 18.7 Å². The van der Waals surface area contributed by atoms with Crippen molar-refractivity contribution in [2.45, 2.75) is 39.8 Å². The number of amidine groups is 1. The summed E-state index contributed by atoms with van der Waals surface area (Å²) in [5, 5.41) is 18.4. The van der Waals surface area contributed by atoms with Crippen LogP contribution in [0.3, 0.4) is 0 Å². The largest absolute Gasteiger partial charge is 0.409 e. The molecule has 7 nitrogen and oxygen atoms in total. The van der Waals surface area contributed by atoms with Crippen molar-refractivity contribution >= 4 is 11.7 Å². The normalized spacial score (nSPS) is 13.4. The molecule has 1 heterocycles. The highest BCUT2D eigenvalue weighted by Crippen LogP contribution is 2.05. The van der Waals surface area contributed by atoms with Crippen LogP contribution < -0.4 is 11.1 Å². The van der Waals surface area contributed by atoms with Gasteiger partial charge in [-0.25, -0.2) is 0 Å². The average molecular weight is 253 g/mol. The van der Waals surface area contributed by atoms with Gasteiger partial charge in [-0.2, -0.15) is 5.10 Å². The Morgan fingerprint density at radius 3 is 2.83 bits per heavy atom. The number of carbonyl (C=O) groups excluding carboxylic acids is 1. The van der Waals surface area contributed by atoms with E-state index in [-0.39, 0.29) is 11.7 Å². The Morgan fingerprint density at radius 1 is 1.67 bits per heavy atom. The first kappa shape index (κ1) is 14.0. The molecule has 7 heteroatoms. The minimum Gasteiger partial charge on any atom is -0.409 e. The van der Waals surface area contributed by atoms with E-state index in [0.717, 1.165) is 5.69 Å². The van der Waals surface area contributed by atoms with Crippen LogP contribution in [0.2, 0.25) is 0 Å². The molecule has 0 bridgehead atoms. The Morgan fingerprint density at radius 2 is 2.33 bits per heavy atom. The maximum Gasteiger partial charge on any atom is 0.270 e. The summed E-state index contributed by atoms with van der Waals surface area (Å²) >= 11 is 0. The van der Waals surface area contributed by atoms with Crippen molar-refractivity contribution in [1.29, 1.82) is 0 Å². The zero-order chi connectivity index (χ0) is 13.7. The zero-order valence-corrected chi connectivity index (χ0v) is 10.8. The van der Waals surface area contributed by atoms with E-state index in [4.69, 9.17) is 10.9 Å². The van der Waals surface area contributed by atoms with Crippen LogP contribution in [0.15, 0.2) is 11.2 Å². The summed E-state index contributed by atoms with van der Waals surface area (Å²) in [4.78, 5) is 12.1. The minimum atomic E-state index is -0.483. The van der Waals surface area contributed by atoms with Crippen LogP contribution in [0.25, 0.3) is 0 Å². The molecule has 0 aliphatic carbocycles. The molecular weight excluding hydrogens is 234 g/mol. The van der Waals surface area contributed by atoms with Gasteiger partial charge in [-0.3, -0.25) is 9.48 Å². The lowest BCUT2D eigenvalue weighted by Gasteiger charge is -2.15. The Kier molecular flexibility index (Phi) is 4.70. The number of hydrogen-bond donors (Lipinski definition) is 3. The molecule has 0 aromatic carbocycles. The highest BCUT2D eigenvalue weighted by atomic mass is 16.4. The Hall–Kier alpha value is -2.05. The van der Waals surface area contributed by atoms with E-state index in [2.05, 4.69) is 15.6 Å². The first-order valence-electron chi connectivity index (χ1n) is 5.86. The molecule has 0 saturated heterocycles. The van der Waals surface area contributed by atoms with Gasteiger partial charge < -0.3 is 16.3 Å². The van der Waals surface area contributed by atoms with Gasteiger partial charge in [0.05, 0.1) is 11.7 Å². The summed E-state index contributed by atoms with van der Waals surface area (Å²) in [5.74, 6) is -0.291. The molecule has 100 valence electrons. The fraction of sp³-hybridized carbons (Fsp3) is 0.545. The van der Waals surface area contributed by atoms with Crippen molar-refractivity contribution in [3.63, 3.8) is 0 Å². The number of nitrogens with zero attached hydrogens (tertiary/aromatic N) is 3. The first-order valence-corrected chi connectivity index (χ1v) is 5.86. The van der Waals surface area contributed by atoms with Gasteiger partial charge in [0.1, 0.15) is 5.69 Å². The summed E-state index contributed by atoms with van der Waals surface area (Å²) < 4.78 is 1.61. The van der Waals surface area contributed by atoms with Gasteiger partial charge in [0.25, 0.3) is 5.91 Å². The average Bonchev–Trinajstić information content (AvgIpc) is 2.76. The van der Waals surface area contributed by atoms with E-state index < -0.39 is 6.04 Å². The molecule has 0 saturated carbocycles. The number of carbonyl (C=O) groups is 1. The van der Waals surface area contributed by atoms with Gasteiger partial charge in [0.15, 0.2) is 5.84 Å². The first-order chi connectivity index (χ1) is 8.53. The SMILES string of the molecule is CCC(NC(=O)c1cc(C)nn1CC)C(N)=NO. The van der Waals surface area contributed by atoms with Crippen molar-refractivity contribution in [3.05, 3.63) is 17.5 Å². The molecule has 1 unspecified atom stereocenters. The van der Waals surface area contributed by atoms with Gasteiger partial charge >= 0.3 is 0 Å². The highest BCUT2D eigenvalue weighted by molar-refractivity contribution is 5.97. The molecule has 4 N–H and O–H groups in total. The second kappa shape index (κ2) is 6.04. The van der Waals surface area contributed by atoms with Crippen molar-refractivity contribution in [2.75, 3.05) is 0 Å². The molecule has 0 spiro atoms. The summed E-state index contributed by atoms with van der Waals surface area (Å²) in [5.41, 5.74) is 6.74. The van der Waals surface area contributed by atoms with E-state index in [1.54, 1.807) is 10.7 Å². The predicted octanol–water partition coefficient (Wildman–Crippen LogP) is 0.466. The Bertz CT molecular complexity index is 452. The molecule has 1 aromatic rings. The van der Waals surface area contributed by atoms with E-state index in [1.165, 1.54) is 0 Å². The third kappa shape index (κ3) is 2.99. The van der Waals surface area contributed by atoms with Crippen LogP contribution in [-0.2, 0) is 6.54 Å². The number of rotatable bonds is 5. The van der Waals surface area contributed by atoms with Gasteiger partial charge in [-0.1, -0.05) is 12.1 Å². The fourth-order valence-electron chi connectivity index (χ4n) is 1.66. The Balaban J connectivity index is 2.87. The Labute approximate surface area is 106 Å². The van der Waals surface area contributed by atoms with Gasteiger partial charge in [-0.05, 0) is 26.3 Å². The maximum absolute atomic E-state index is 12.1. The van der Waals surface area contributed by atoms with Crippen molar-refractivity contribution in [1.82, 2.24) is 15.1 Å². The maximum atomic E-state index is 12.1. The fourth-order valence-corrected chi connectivity index (χ4v) is 1.66. The van der Waals surface area contributed by atoms with E-state index >= 15 is 0 Å². The van der Waals surface area contributed by atoms with Crippen molar-refractivity contribution < 1.29 is 10.0 Å². The smallest absolute Gasteiger partial charge is 0.270 e. The quantitative estimate of drug-likeness (QED) is 0.307. The standard InChI is InChI=1S/C11H19N5O2/c1-4-8(10(12)15-18)13-11(17)9-6-7(3)14-16(9)5-2/h6,8,18H,4-5H2,1-3H3,(H2,12,15)(H,13,17). The molecule has 1 aromatic heterocycles. The lowest BCUT2D eigenvalue weighted by molar-refractivity contribution is 0.0935. The molecule has 18 heavy (non-hydrogen) atoms. The van der Waals surface area contributed by atoms with Crippen LogP contribution in [0, 0.1) is 6.92 Å².